The van der Waals surface area contributed by atoms with Crippen LogP contribution in [0.2, 0.25) is 0 Å². The summed E-state index contributed by atoms with van der Waals surface area (Å²) in [6.45, 7) is 5.33. The Hall–Kier alpha value is -7.75. The lowest BCUT2D eigenvalue weighted by molar-refractivity contribution is -0.203. The van der Waals surface area contributed by atoms with Crippen molar-refractivity contribution in [1.29, 1.82) is 0 Å². The number of ether oxygens (including phenoxy) is 3. The number of hydrogen-bond donors (Lipinski definition) is 3. The van der Waals surface area contributed by atoms with Crippen LogP contribution in [0.3, 0.4) is 0 Å². The standard InChI is InChI=1S/C52H58N4O12/c1-4-7-11-24-40(43(5-2)56(35-57)68-48(59)29-36-18-12-8-13-19-36)49(60)53-34-54-51(62)45-28-27-44(67-45)39-25-26-41(46(30-39)64-6-3)50(61)55-42(52(63)66-33-38-22-16-10-17-23-38)31-47(58)65-32-37-20-14-9-15-21-37/h8-10,12-23,25-28,30,35,40,42-43H,4-7,11,24,29,31-34H2,1-3H3,(H,53,60)(H,54,62)(H,55,61)/t40-,42+,43-/m1/s1. The lowest BCUT2D eigenvalue weighted by Crippen LogP contribution is -2.49. The van der Waals surface area contributed by atoms with Crippen molar-refractivity contribution in [3.05, 3.63) is 149 Å². The molecule has 1 heterocycles. The minimum absolute atomic E-state index is 0.0268. The first-order chi connectivity index (χ1) is 33.0. The number of carbonyl (C=O) groups excluding carboxylic acids is 7. The molecule has 3 atom stereocenters. The van der Waals surface area contributed by atoms with Crippen molar-refractivity contribution in [2.24, 2.45) is 5.92 Å². The van der Waals surface area contributed by atoms with Gasteiger partial charge in [-0.1, -0.05) is 130 Å². The van der Waals surface area contributed by atoms with Gasteiger partial charge in [0.1, 0.15) is 30.8 Å². The predicted molar refractivity (Wildman–Crippen MR) is 250 cm³/mol. The zero-order chi connectivity index (χ0) is 48.7. The fourth-order valence-corrected chi connectivity index (χ4v) is 7.24. The normalized spacial score (nSPS) is 12.0. The molecule has 0 saturated carbocycles. The maximum Gasteiger partial charge on any atom is 0.336 e. The molecule has 4 amide bonds. The van der Waals surface area contributed by atoms with Crippen LogP contribution in [0.5, 0.6) is 5.75 Å². The first kappa shape index (κ1) is 51.2. The van der Waals surface area contributed by atoms with Gasteiger partial charge in [0.25, 0.3) is 11.8 Å². The van der Waals surface area contributed by atoms with Gasteiger partial charge in [0.05, 0.1) is 43.6 Å². The Balaban J connectivity index is 1.22. The molecule has 5 aromatic rings. The summed E-state index contributed by atoms with van der Waals surface area (Å²) in [7, 11) is 0. The summed E-state index contributed by atoms with van der Waals surface area (Å²) in [6.07, 6.45) is 2.99. The van der Waals surface area contributed by atoms with E-state index in [2.05, 4.69) is 16.0 Å². The summed E-state index contributed by atoms with van der Waals surface area (Å²) in [5.41, 5.74) is 2.67. The van der Waals surface area contributed by atoms with E-state index in [0.717, 1.165) is 23.5 Å². The van der Waals surface area contributed by atoms with Crippen LogP contribution in [0.15, 0.2) is 126 Å². The van der Waals surface area contributed by atoms with Crippen LogP contribution in [0.1, 0.15) is 96.9 Å². The zero-order valence-electron chi connectivity index (χ0n) is 38.5. The van der Waals surface area contributed by atoms with E-state index in [9.17, 15) is 33.6 Å². The number of rotatable bonds is 27. The number of unbranched alkanes of at least 4 members (excludes halogenated alkanes) is 2. The van der Waals surface area contributed by atoms with E-state index in [4.69, 9.17) is 23.5 Å². The van der Waals surface area contributed by atoms with E-state index in [-0.39, 0.29) is 55.7 Å². The lowest BCUT2D eigenvalue weighted by atomic mass is 9.90. The van der Waals surface area contributed by atoms with E-state index in [1.807, 2.05) is 25.1 Å². The van der Waals surface area contributed by atoms with Crippen molar-refractivity contribution >= 4 is 42.0 Å². The van der Waals surface area contributed by atoms with Crippen molar-refractivity contribution in [2.45, 2.75) is 91.0 Å². The largest absolute Gasteiger partial charge is 0.493 e. The van der Waals surface area contributed by atoms with Gasteiger partial charge in [-0.25, -0.2) is 9.59 Å². The fourth-order valence-electron chi connectivity index (χ4n) is 7.24. The Bertz CT molecular complexity index is 2430. The molecule has 0 radical (unpaired) electrons. The van der Waals surface area contributed by atoms with Gasteiger partial charge in [-0.2, -0.15) is 5.06 Å². The van der Waals surface area contributed by atoms with Crippen LogP contribution in [0.4, 0.5) is 0 Å². The highest BCUT2D eigenvalue weighted by molar-refractivity contribution is 6.00. The Morgan fingerprint density at radius 1 is 0.706 bits per heavy atom. The smallest absolute Gasteiger partial charge is 0.336 e. The lowest BCUT2D eigenvalue weighted by Gasteiger charge is -2.31. The molecule has 0 aliphatic carbocycles. The van der Waals surface area contributed by atoms with Crippen LogP contribution < -0.4 is 20.7 Å². The van der Waals surface area contributed by atoms with Crippen molar-refractivity contribution < 1.29 is 57.0 Å². The zero-order valence-corrected chi connectivity index (χ0v) is 38.5. The highest BCUT2D eigenvalue weighted by Crippen LogP contribution is 2.30. The molecule has 16 nitrogen and oxygen atoms in total. The molecular weight excluding hydrogens is 873 g/mol. The minimum atomic E-state index is -1.40. The second-order valence-corrected chi connectivity index (χ2v) is 15.7. The number of nitrogens with zero attached hydrogens (tertiary/aromatic N) is 1. The highest BCUT2D eigenvalue weighted by atomic mass is 16.7. The topological polar surface area (TPSA) is 209 Å². The van der Waals surface area contributed by atoms with Gasteiger partial charge in [-0.05, 0) is 60.7 Å². The van der Waals surface area contributed by atoms with E-state index >= 15 is 0 Å². The molecule has 1 aromatic heterocycles. The molecule has 16 heteroatoms. The molecule has 0 fully saturated rings. The molecule has 0 aliphatic rings. The van der Waals surface area contributed by atoms with E-state index < -0.39 is 60.1 Å². The third-order valence-electron chi connectivity index (χ3n) is 10.7. The molecule has 0 unspecified atom stereocenters. The molecule has 0 saturated heterocycles. The van der Waals surface area contributed by atoms with Gasteiger partial charge in [-0.3, -0.25) is 24.0 Å². The second-order valence-electron chi connectivity index (χ2n) is 15.7. The molecule has 0 aliphatic heterocycles. The molecule has 3 N–H and O–H groups in total. The van der Waals surface area contributed by atoms with Gasteiger partial charge < -0.3 is 39.4 Å². The fraction of sp³-hybridized carbons (Fsp3) is 0.327. The minimum Gasteiger partial charge on any atom is -0.493 e. The predicted octanol–water partition coefficient (Wildman–Crippen LogP) is 7.26. The first-order valence-electron chi connectivity index (χ1n) is 22.7. The number of hydrogen-bond acceptors (Lipinski definition) is 12. The molecular formula is C52H58N4O12. The average Bonchev–Trinajstić information content (AvgIpc) is 3.86. The van der Waals surface area contributed by atoms with Gasteiger partial charge in [0, 0.05) is 5.56 Å². The Morgan fingerprint density at radius 2 is 1.35 bits per heavy atom. The quantitative estimate of drug-likeness (QED) is 0.0156. The average molecular weight is 931 g/mol. The summed E-state index contributed by atoms with van der Waals surface area (Å²) in [5.74, 6) is -4.45. The van der Waals surface area contributed by atoms with Crippen LogP contribution in [-0.4, -0.2) is 72.5 Å². The summed E-state index contributed by atoms with van der Waals surface area (Å²) in [4.78, 5) is 97.4. The Morgan fingerprint density at radius 3 is 1.97 bits per heavy atom. The van der Waals surface area contributed by atoms with Crippen LogP contribution in [-0.2, 0) is 57.9 Å². The van der Waals surface area contributed by atoms with Gasteiger partial charge in [-0.15, -0.1) is 0 Å². The summed E-state index contributed by atoms with van der Waals surface area (Å²) in [5, 5.41) is 8.88. The number of carbonyl (C=O) groups is 7. The van der Waals surface area contributed by atoms with E-state index in [0.29, 0.717) is 42.4 Å². The van der Waals surface area contributed by atoms with Crippen LogP contribution >= 0.6 is 0 Å². The molecule has 5 rings (SSSR count). The third-order valence-corrected chi connectivity index (χ3v) is 10.7. The van der Waals surface area contributed by atoms with Gasteiger partial charge in [0.15, 0.2) is 5.76 Å². The summed E-state index contributed by atoms with van der Waals surface area (Å²) >= 11 is 0. The van der Waals surface area contributed by atoms with Crippen molar-refractivity contribution in [3.8, 4) is 17.1 Å². The number of esters is 2. The van der Waals surface area contributed by atoms with Gasteiger partial charge >= 0.3 is 17.9 Å². The number of hydroxylamine groups is 2. The Kier molecular flexibility index (Phi) is 20.4. The maximum absolute atomic E-state index is 13.8. The summed E-state index contributed by atoms with van der Waals surface area (Å²) in [6, 6.07) is 32.3. The SMILES string of the molecule is CCCCC[C@@H](C(=O)NCNC(=O)c1ccc(-c2ccc(C(=O)N[C@@H](CC(=O)OCc3ccccc3)C(=O)OCc3ccccc3)c(OCC)c2)o1)[C@@H](CC)N(C=O)OC(=O)Cc1ccccc1. The van der Waals surface area contributed by atoms with E-state index in [1.54, 1.807) is 105 Å². The van der Waals surface area contributed by atoms with Crippen LogP contribution in [0.25, 0.3) is 11.3 Å². The summed E-state index contributed by atoms with van der Waals surface area (Å²) < 4.78 is 22.6. The monoisotopic (exact) mass is 930 g/mol. The molecule has 68 heavy (non-hydrogen) atoms. The van der Waals surface area contributed by atoms with Crippen molar-refractivity contribution in [3.63, 3.8) is 0 Å². The van der Waals surface area contributed by atoms with Crippen molar-refractivity contribution in [2.75, 3.05) is 13.3 Å². The third kappa shape index (κ3) is 15.7. The van der Waals surface area contributed by atoms with Crippen LogP contribution in [0, 0.1) is 5.92 Å². The maximum atomic E-state index is 13.8. The molecule has 0 bridgehead atoms. The Labute approximate surface area is 395 Å². The molecule has 358 valence electrons. The number of furan rings is 1. The second kappa shape index (κ2) is 27.0. The first-order valence-corrected chi connectivity index (χ1v) is 22.7. The van der Waals surface area contributed by atoms with Gasteiger partial charge in [0.2, 0.25) is 12.3 Å². The molecule has 4 aromatic carbocycles. The number of benzene rings is 4. The molecule has 0 spiro atoms. The van der Waals surface area contributed by atoms with E-state index in [1.165, 1.54) is 12.1 Å². The number of nitrogens with one attached hydrogen (secondary N) is 3. The van der Waals surface area contributed by atoms with Crippen molar-refractivity contribution in [1.82, 2.24) is 21.0 Å². The number of amides is 4. The highest BCUT2D eigenvalue weighted by Gasteiger charge is 2.34.